The second kappa shape index (κ2) is 11.8. The maximum Gasteiger partial charge on any atom is 0.249 e. The summed E-state index contributed by atoms with van der Waals surface area (Å²) in [7, 11) is 0. The highest BCUT2D eigenvalue weighted by Gasteiger charge is 2.60. The van der Waals surface area contributed by atoms with Gasteiger partial charge in [-0.2, -0.15) is 5.10 Å². The number of nitrogens with one attached hydrogen (secondary N) is 2. The molecule has 2 fully saturated rings. The van der Waals surface area contributed by atoms with Crippen molar-refractivity contribution in [2.75, 3.05) is 38.0 Å². The predicted octanol–water partition coefficient (Wildman–Crippen LogP) is 3.50. The van der Waals surface area contributed by atoms with E-state index in [0.717, 1.165) is 55.1 Å². The minimum absolute atomic E-state index is 0.129. The highest BCUT2D eigenvalue weighted by atomic mass is 79.9. The number of Topliss-reactive ketones (excluding diaryl/α,β-unsaturated/α-hetero) is 1. The molecule has 0 saturated carbocycles. The van der Waals surface area contributed by atoms with Gasteiger partial charge in [0.25, 0.3) is 0 Å². The fraction of sp³-hybridized carbons (Fsp3) is 0.364. The summed E-state index contributed by atoms with van der Waals surface area (Å²) >= 11 is 3.39. The molecular weight excluding hydrogens is 650 g/mol. The Morgan fingerprint density at radius 1 is 1.07 bits per heavy atom. The third kappa shape index (κ3) is 5.63. The Morgan fingerprint density at radius 3 is 2.57 bits per heavy atom. The highest BCUT2D eigenvalue weighted by molar-refractivity contribution is 9.10. The van der Waals surface area contributed by atoms with Gasteiger partial charge in [0.1, 0.15) is 34.5 Å². The standard InChI is InChI=1S/C33H34BrN9O3/c1-19-4-7-28(34)38-31(19)39-32(46)26-13-33(18-41-10-8-35-9-11-41)14-27(33)43(26)29(45)17-42-25-6-5-22(23-15-36-21(3)37-16-23)12-24(25)30(40-42)20(2)44/h4-7,12,14-16,26,35H,8-11,13,17-18H2,1-3H3,(H,38,39,46)/t26-,33?/m0/s1. The molecule has 5 heterocycles. The maximum atomic E-state index is 14.2. The van der Waals surface area contributed by atoms with Crippen LogP contribution in [0.5, 0.6) is 0 Å². The van der Waals surface area contributed by atoms with Crippen LogP contribution in [0.25, 0.3) is 22.0 Å². The number of piperazine rings is 1. The van der Waals surface area contributed by atoms with Crippen molar-refractivity contribution >= 4 is 50.2 Å². The monoisotopic (exact) mass is 683 g/mol. The number of amides is 2. The number of anilines is 1. The zero-order valence-electron chi connectivity index (χ0n) is 25.9. The fourth-order valence-electron chi connectivity index (χ4n) is 6.60. The van der Waals surface area contributed by atoms with Gasteiger partial charge in [-0.05, 0) is 65.5 Å². The number of carbonyl (C=O) groups is 3. The number of ketones is 1. The van der Waals surface area contributed by atoms with Gasteiger partial charge >= 0.3 is 0 Å². The number of carbonyl (C=O) groups excluding carboxylic acids is 3. The first-order valence-electron chi connectivity index (χ1n) is 15.3. The van der Waals surface area contributed by atoms with Crippen molar-refractivity contribution in [1.82, 2.24) is 39.8 Å². The minimum Gasteiger partial charge on any atom is -0.314 e. The van der Waals surface area contributed by atoms with Crippen molar-refractivity contribution in [3.63, 3.8) is 0 Å². The lowest BCUT2D eigenvalue weighted by Crippen LogP contribution is -2.46. The van der Waals surface area contributed by atoms with Crippen LogP contribution in [-0.2, 0) is 16.1 Å². The van der Waals surface area contributed by atoms with E-state index in [4.69, 9.17) is 0 Å². The van der Waals surface area contributed by atoms with E-state index in [1.165, 1.54) is 6.92 Å². The van der Waals surface area contributed by atoms with Crippen LogP contribution in [0.4, 0.5) is 5.82 Å². The van der Waals surface area contributed by atoms with E-state index in [1.54, 1.807) is 22.0 Å². The van der Waals surface area contributed by atoms with Gasteiger partial charge in [0.2, 0.25) is 11.8 Å². The molecule has 46 heavy (non-hydrogen) atoms. The number of hydrogen-bond acceptors (Lipinski definition) is 9. The van der Waals surface area contributed by atoms with Crippen LogP contribution in [0.1, 0.15) is 35.2 Å². The molecule has 0 bridgehead atoms. The van der Waals surface area contributed by atoms with Crippen LogP contribution in [0, 0.1) is 19.3 Å². The largest absolute Gasteiger partial charge is 0.314 e. The SMILES string of the molecule is CC(=O)c1nn(CC(=O)N2C3=CC3(CN3CCNCC3)C[C@H]2C(=O)Nc2nc(Br)ccc2C)c2ccc(-c3cnc(C)nc3)cc12. The average molecular weight is 685 g/mol. The molecule has 1 aromatic carbocycles. The molecule has 7 rings (SSSR count). The van der Waals surface area contributed by atoms with Gasteiger partial charge in [0.05, 0.1) is 5.52 Å². The van der Waals surface area contributed by atoms with Crippen molar-refractivity contribution in [3.8, 4) is 11.1 Å². The maximum absolute atomic E-state index is 14.2. The number of fused-ring (bicyclic) bond motifs is 2. The summed E-state index contributed by atoms with van der Waals surface area (Å²) in [6, 6.07) is 8.64. The number of aromatic nitrogens is 5. The molecule has 0 spiro atoms. The molecule has 1 unspecified atom stereocenters. The molecular formula is C33H34BrN9O3. The number of aryl methyl sites for hydroxylation is 2. The van der Waals surface area contributed by atoms with Crippen molar-refractivity contribution in [2.24, 2.45) is 5.41 Å². The second-order valence-corrected chi connectivity index (χ2v) is 13.1. The Labute approximate surface area is 274 Å². The first-order valence-corrected chi connectivity index (χ1v) is 16.1. The van der Waals surface area contributed by atoms with E-state index < -0.39 is 6.04 Å². The predicted molar refractivity (Wildman–Crippen MR) is 176 cm³/mol. The Morgan fingerprint density at radius 2 is 1.83 bits per heavy atom. The van der Waals surface area contributed by atoms with Crippen molar-refractivity contribution in [1.29, 1.82) is 0 Å². The first kappa shape index (κ1) is 30.3. The van der Waals surface area contributed by atoms with Gasteiger partial charge in [-0.25, -0.2) is 15.0 Å². The Hall–Kier alpha value is -4.33. The molecule has 2 saturated heterocycles. The molecule has 4 aromatic rings. The van der Waals surface area contributed by atoms with Crippen LogP contribution in [0.3, 0.4) is 0 Å². The molecule has 13 heteroatoms. The third-order valence-corrected chi connectivity index (χ3v) is 9.48. The third-order valence-electron chi connectivity index (χ3n) is 9.04. The molecule has 12 nitrogen and oxygen atoms in total. The Balaban J connectivity index is 1.19. The summed E-state index contributed by atoms with van der Waals surface area (Å²) < 4.78 is 2.18. The second-order valence-electron chi connectivity index (χ2n) is 12.3. The number of likely N-dealkylation sites (tertiary alicyclic amines) is 1. The van der Waals surface area contributed by atoms with E-state index in [-0.39, 0.29) is 35.3 Å². The van der Waals surface area contributed by atoms with Crippen LogP contribution in [0.2, 0.25) is 0 Å². The van der Waals surface area contributed by atoms with Crippen LogP contribution < -0.4 is 10.6 Å². The first-order chi connectivity index (χ1) is 22.1. The Bertz CT molecular complexity index is 1920. The summed E-state index contributed by atoms with van der Waals surface area (Å²) in [6.45, 7) is 9.45. The van der Waals surface area contributed by atoms with Gasteiger partial charge in [-0.1, -0.05) is 18.2 Å². The molecule has 1 aliphatic carbocycles. The summed E-state index contributed by atoms with van der Waals surface area (Å²) in [5.74, 6) is 0.371. The smallest absolute Gasteiger partial charge is 0.249 e. The van der Waals surface area contributed by atoms with Gasteiger partial charge in [0.15, 0.2) is 5.78 Å². The van der Waals surface area contributed by atoms with Crippen molar-refractivity contribution in [3.05, 3.63) is 76.2 Å². The van der Waals surface area contributed by atoms with E-state index in [2.05, 4.69) is 57.6 Å². The summed E-state index contributed by atoms with van der Waals surface area (Å²) in [5, 5.41) is 11.6. The lowest BCUT2D eigenvalue weighted by Gasteiger charge is -2.30. The number of halogens is 1. The van der Waals surface area contributed by atoms with Crippen LogP contribution in [0.15, 0.2) is 59.1 Å². The zero-order valence-corrected chi connectivity index (χ0v) is 27.5. The summed E-state index contributed by atoms with van der Waals surface area (Å²) in [5.41, 5.74) is 3.95. The van der Waals surface area contributed by atoms with E-state index in [0.29, 0.717) is 33.6 Å². The number of benzene rings is 1. The highest BCUT2D eigenvalue weighted by Crippen LogP contribution is 2.57. The Kier molecular flexibility index (Phi) is 7.78. The number of nitrogens with zero attached hydrogens (tertiary/aromatic N) is 7. The van der Waals surface area contributed by atoms with Gasteiger partial charge in [0, 0.05) is 74.1 Å². The van der Waals surface area contributed by atoms with Crippen molar-refractivity contribution in [2.45, 2.75) is 39.8 Å². The van der Waals surface area contributed by atoms with E-state index in [9.17, 15) is 14.4 Å². The van der Waals surface area contributed by atoms with Crippen molar-refractivity contribution < 1.29 is 14.4 Å². The summed E-state index contributed by atoms with van der Waals surface area (Å²) in [4.78, 5) is 57.8. The fourth-order valence-corrected chi connectivity index (χ4v) is 6.91. The molecule has 3 aliphatic rings. The van der Waals surface area contributed by atoms with Gasteiger partial charge in [-0.15, -0.1) is 0 Å². The van der Waals surface area contributed by atoms with Crippen LogP contribution in [-0.4, -0.2) is 90.9 Å². The molecule has 2 aliphatic heterocycles. The van der Waals surface area contributed by atoms with Gasteiger partial charge < -0.3 is 15.5 Å². The number of rotatable bonds is 8. The van der Waals surface area contributed by atoms with E-state index >= 15 is 0 Å². The molecule has 3 aromatic heterocycles. The van der Waals surface area contributed by atoms with E-state index in [1.807, 2.05) is 44.2 Å². The average Bonchev–Trinajstić information content (AvgIpc) is 3.44. The molecule has 236 valence electrons. The minimum atomic E-state index is -0.710. The zero-order chi connectivity index (χ0) is 32.2. The molecule has 0 radical (unpaired) electrons. The normalized spacial score (nSPS) is 20.8. The molecule has 2 N–H and O–H groups in total. The number of pyridine rings is 1. The lowest BCUT2D eigenvalue weighted by molar-refractivity contribution is -0.135. The van der Waals surface area contributed by atoms with Crippen LogP contribution >= 0.6 is 15.9 Å². The molecule has 2 atom stereocenters. The lowest BCUT2D eigenvalue weighted by atomic mass is 9.95. The molecule has 2 amide bonds. The van der Waals surface area contributed by atoms with Gasteiger partial charge in [-0.3, -0.25) is 24.0 Å². The number of hydrogen-bond donors (Lipinski definition) is 2. The summed E-state index contributed by atoms with van der Waals surface area (Å²) in [6.07, 6.45) is 6.10. The topological polar surface area (TPSA) is 138 Å². The quantitative estimate of drug-likeness (QED) is 0.211.